The first-order valence-corrected chi connectivity index (χ1v) is 12.1. The lowest BCUT2D eigenvalue weighted by atomic mass is 9.53. The standard InChI is InChI=1S/C26H44FN/c1-6-25(5,7-2)22-16-17-23(24(27)19-22)26(8-3,9-4)21-14-12-20(13-15-21)11-10-18-28/h10-11,20-24H,6-9,12-17,19H2,1-5H3/b11-10+. The lowest BCUT2D eigenvalue weighted by Crippen LogP contribution is -2.47. The Bertz CT molecular complexity index is 529. The summed E-state index contributed by atoms with van der Waals surface area (Å²) in [7, 11) is 0. The summed E-state index contributed by atoms with van der Waals surface area (Å²) in [6.45, 7) is 11.6. The van der Waals surface area contributed by atoms with Crippen LogP contribution in [0.4, 0.5) is 4.39 Å². The van der Waals surface area contributed by atoms with Crippen molar-refractivity contribution in [3.63, 3.8) is 0 Å². The Morgan fingerprint density at radius 1 is 0.893 bits per heavy atom. The minimum Gasteiger partial charge on any atom is -0.247 e. The molecule has 2 aliphatic rings. The zero-order chi connectivity index (χ0) is 20.8. The van der Waals surface area contributed by atoms with E-state index in [1.165, 1.54) is 44.9 Å². The molecule has 2 heteroatoms. The van der Waals surface area contributed by atoms with Gasteiger partial charge in [-0.2, -0.15) is 5.26 Å². The van der Waals surface area contributed by atoms with E-state index in [0.29, 0.717) is 23.2 Å². The highest BCUT2D eigenvalue weighted by atomic mass is 19.1. The van der Waals surface area contributed by atoms with Crippen molar-refractivity contribution >= 4 is 0 Å². The van der Waals surface area contributed by atoms with Crippen LogP contribution in [0.5, 0.6) is 0 Å². The Morgan fingerprint density at radius 3 is 1.93 bits per heavy atom. The lowest BCUT2D eigenvalue weighted by Gasteiger charge is -2.53. The van der Waals surface area contributed by atoms with Crippen molar-refractivity contribution in [2.45, 2.75) is 111 Å². The number of nitriles is 1. The van der Waals surface area contributed by atoms with Crippen molar-refractivity contribution < 1.29 is 4.39 Å². The van der Waals surface area contributed by atoms with Crippen molar-refractivity contribution in [2.75, 3.05) is 0 Å². The van der Waals surface area contributed by atoms with Crippen LogP contribution < -0.4 is 0 Å². The first-order chi connectivity index (χ1) is 13.4. The quantitative estimate of drug-likeness (QED) is 0.383. The van der Waals surface area contributed by atoms with Crippen LogP contribution in [-0.4, -0.2) is 6.17 Å². The predicted octanol–water partition coefficient (Wildman–Crippen LogP) is 8.26. The molecule has 2 rings (SSSR count). The van der Waals surface area contributed by atoms with Crippen LogP contribution in [0.3, 0.4) is 0 Å². The second-order valence-corrected chi connectivity index (χ2v) is 10.0. The second kappa shape index (κ2) is 10.3. The molecule has 0 aromatic rings. The van der Waals surface area contributed by atoms with Gasteiger partial charge in [-0.25, -0.2) is 4.39 Å². The number of alkyl halides is 1. The van der Waals surface area contributed by atoms with Gasteiger partial charge >= 0.3 is 0 Å². The Morgan fingerprint density at radius 2 is 1.46 bits per heavy atom. The Balaban J connectivity index is 2.11. The zero-order valence-electron chi connectivity index (χ0n) is 19.1. The van der Waals surface area contributed by atoms with Gasteiger partial charge in [-0.1, -0.05) is 53.5 Å². The Labute approximate surface area is 174 Å². The van der Waals surface area contributed by atoms with Gasteiger partial charge < -0.3 is 0 Å². The van der Waals surface area contributed by atoms with Crippen LogP contribution in [-0.2, 0) is 0 Å². The summed E-state index contributed by atoms with van der Waals surface area (Å²) in [5.41, 5.74) is 0.477. The summed E-state index contributed by atoms with van der Waals surface area (Å²) in [5.74, 6) is 1.99. The first kappa shape index (κ1) is 23.4. The molecule has 0 radical (unpaired) electrons. The number of halogens is 1. The van der Waals surface area contributed by atoms with Gasteiger partial charge in [-0.05, 0) is 92.3 Å². The highest BCUT2D eigenvalue weighted by molar-refractivity contribution is 5.06. The molecule has 0 aliphatic heterocycles. The van der Waals surface area contributed by atoms with Gasteiger partial charge in [0.15, 0.2) is 0 Å². The summed E-state index contributed by atoms with van der Waals surface area (Å²) < 4.78 is 15.7. The fraction of sp³-hybridized carbons (Fsp3) is 0.885. The van der Waals surface area contributed by atoms with Crippen LogP contribution in [0.15, 0.2) is 12.2 Å². The van der Waals surface area contributed by atoms with Crippen LogP contribution in [0.2, 0.25) is 0 Å². The molecule has 2 saturated carbocycles. The molecular formula is C26H44FN. The van der Waals surface area contributed by atoms with E-state index in [9.17, 15) is 0 Å². The van der Waals surface area contributed by atoms with E-state index in [1.807, 2.05) is 0 Å². The molecule has 0 heterocycles. The maximum atomic E-state index is 15.7. The summed E-state index contributed by atoms with van der Waals surface area (Å²) >= 11 is 0. The molecule has 1 nitrogen and oxygen atoms in total. The van der Waals surface area contributed by atoms with Crippen molar-refractivity contribution in [2.24, 2.45) is 34.5 Å². The third-order valence-corrected chi connectivity index (χ3v) is 9.46. The summed E-state index contributed by atoms with van der Waals surface area (Å²) in [6, 6.07) is 2.13. The SMILES string of the molecule is CCC(C)(CC)C1CCC(C(CC)(CC)C2CCC(/C=C/C#N)CC2)C(F)C1. The van der Waals surface area contributed by atoms with Crippen molar-refractivity contribution in [3.05, 3.63) is 12.2 Å². The Kier molecular flexibility index (Phi) is 8.60. The fourth-order valence-corrected chi connectivity index (χ4v) is 6.94. The van der Waals surface area contributed by atoms with E-state index < -0.39 is 6.17 Å². The van der Waals surface area contributed by atoms with E-state index in [0.717, 1.165) is 25.7 Å². The average molecular weight is 390 g/mol. The molecule has 0 amide bonds. The number of rotatable bonds is 8. The molecule has 0 N–H and O–H groups in total. The monoisotopic (exact) mass is 389 g/mol. The molecule has 0 aromatic carbocycles. The van der Waals surface area contributed by atoms with Gasteiger partial charge in [0.1, 0.15) is 6.17 Å². The van der Waals surface area contributed by atoms with Crippen molar-refractivity contribution in [1.82, 2.24) is 0 Å². The highest BCUT2D eigenvalue weighted by Crippen LogP contribution is 2.56. The molecule has 2 fully saturated rings. The van der Waals surface area contributed by atoms with E-state index in [1.54, 1.807) is 6.08 Å². The largest absolute Gasteiger partial charge is 0.247 e. The molecule has 2 aliphatic carbocycles. The van der Waals surface area contributed by atoms with Gasteiger partial charge in [-0.3, -0.25) is 0 Å². The van der Waals surface area contributed by atoms with Crippen LogP contribution in [0, 0.1) is 45.8 Å². The first-order valence-electron chi connectivity index (χ1n) is 12.1. The Hall–Kier alpha value is -0.840. The second-order valence-electron chi connectivity index (χ2n) is 10.0. The molecule has 3 unspecified atom stereocenters. The van der Waals surface area contributed by atoms with Crippen LogP contribution in [0.1, 0.15) is 105 Å². The normalized spacial score (nSPS) is 32.4. The van der Waals surface area contributed by atoms with Gasteiger partial charge in [0, 0.05) is 6.08 Å². The maximum Gasteiger partial charge on any atom is 0.104 e. The van der Waals surface area contributed by atoms with Crippen LogP contribution >= 0.6 is 0 Å². The average Bonchev–Trinajstić information content (AvgIpc) is 2.74. The third-order valence-electron chi connectivity index (χ3n) is 9.46. The summed E-state index contributed by atoms with van der Waals surface area (Å²) in [6.07, 6.45) is 15.5. The van der Waals surface area contributed by atoms with Crippen molar-refractivity contribution in [1.29, 1.82) is 5.26 Å². The topological polar surface area (TPSA) is 23.8 Å². The van der Waals surface area contributed by atoms with Crippen molar-refractivity contribution in [3.8, 4) is 6.07 Å². The minimum absolute atomic E-state index is 0.170. The molecule has 3 atom stereocenters. The van der Waals surface area contributed by atoms with Gasteiger partial charge in [0.2, 0.25) is 0 Å². The molecule has 28 heavy (non-hydrogen) atoms. The maximum absolute atomic E-state index is 15.7. The van der Waals surface area contributed by atoms with Gasteiger partial charge in [0.25, 0.3) is 0 Å². The van der Waals surface area contributed by atoms with E-state index in [2.05, 4.69) is 46.8 Å². The predicted molar refractivity (Wildman–Crippen MR) is 118 cm³/mol. The minimum atomic E-state index is -0.632. The number of nitrogens with zero attached hydrogens (tertiary/aromatic N) is 1. The smallest absolute Gasteiger partial charge is 0.104 e. The van der Waals surface area contributed by atoms with Gasteiger partial charge in [-0.15, -0.1) is 0 Å². The molecule has 0 bridgehead atoms. The number of hydrogen-bond acceptors (Lipinski definition) is 1. The lowest BCUT2D eigenvalue weighted by molar-refractivity contribution is -0.0588. The molecule has 0 spiro atoms. The van der Waals surface area contributed by atoms with Gasteiger partial charge in [0.05, 0.1) is 6.07 Å². The molecule has 0 aromatic heterocycles. The summed E-state index contributed by atoms with van der Waals surface area (Å²) in [4.78, 5) is 0. The fourth-order valence-electron chi connectivity index (χ4n) is 6.94. The third kappa shape index (κ3) is 4.66. The molecule has 0 saturated heterocycles. The molecular weight excluding hydrogens is 345 g/mol. The zero-order valence-corrected chi connectivity index (χ0v) is 19.1. The van der Waals surface area contributed by atoms with E-state index in [-0.39, 0.29) is 11.3 Å². The van der Waals surface area contributed by atoms with Crippen LogP contribution in [0.25, 0.3) is 0 Å². The number of hydrogen-bond donors (Lipinski definition) is 0. The van der Waals surface area contributed by atoms with E-state index in [4.69, 9.17) is 5.26 Å². The molecule has 160 valence electrons. The van der Waals surface area contributed by atoms with E-state index >= 15 is 4.39 Å². The summed E-state index contributed by atoms with van der Waals surface area (Å²) in [5, 5.41) is 8.79. The highest BCUT2D eigenvalue weighted by Gasteiger charge is 2.50. The number of allylic oxidation sites excluding steroid dienone is 2.